The lowest BCUT2D eigenvalue weighted by Crippen LogP contribution is -1.98. The van der Waals surface area contributed by atoms with Crippen LogP contribution in [0.15, 0.2) is 158 Å². The Kier molecular flexibility index (Phi) is 5.54. The molecule has 0 unspecified atom stereocenters. The summed E-state index contributed by atoms with van der Waals surface area (Å²) in [7, 11) is 0. The van der Waals surface area contributed by atoms with E-state index in [1.54, 1.807) is 0 Å². The Bertz CT molecular complexity index is 2600. The van der Waals surface area contributed by atoms with E-state index < -0.39 is 0 Å². The van der Waals surface area contributed by atoms with Gasteiger partial charge in [0.1, 0.15) is 0 Å². The Labute approximate surface area is 270 Å². The van der Waals surface area contributed by atoms with E-state index in [9.17, 15) is 0 Å². The van der Waals surface area contributed by atoms with Crippen LogP contribution in [0.4, 0.5) is 0 Å². The Morgan fingerprint density at radius 3 is 1.36 bits per heavy atom. The number of fused-ring (bicyclic) bond motifs is 3. The topological polar surface area (TPSA) is 43.6 Å². The number of hydrogen-bond donors (Lipinski definition) is 0. The van der Waals surface area contributed by atoms with Gasteiger partial charge in [0.15, 0.2) is 5.82 Å². The number of benzene rings is 7. The van der Waals surface area contributed by atoms with E-state index >= 15 is 0 Å². The van der Waals surface area contributed by atoms with Gasteiger partial charge in [-0.05, 0) is 60.7 Å². The van der Waals surface area contributed by atoms with E-state index in [4.69, 9.17) is 15.0 Å². The molecule has 0 atom stereocenters. The van der Waals surface area contributed by atoms with Gasteiger partial charge >= 0.3 is 0 Å². The third kappa shape index (κ3) is 3.92. The van der Waals surface area contributed by atoms with E-state index in [1.807, 2.05) is 12.1 Å². The molecule has 0 bridgehead atoms. The van der Waals surface area contributed by atoms with Crippen molar-refractivity contribution in [2.75, 3.05) is 0 Å². The van der Waals surface area contributed by atoms with Gasteiger partial charge in [-0.15, -0.1) is 0 Å². The van der Waals surface area contributed by atoms with Crippen LogP contribution in [0.25, 0.3) is 94.0 Å². The highest BCUT2D eigenvalue weighted by Crippen LogP contribution is 2.42. The summed E-state index contributed by atoms with van der Waals surface area (Å²) in [5, 5.41) is 6.95. The highest BCUT2D eigenvalue weighted by molar-refractivity contribution is 6.26. The van der Waals surface area contributed by atoms with Crippen molar-refractivity contribution in [2.24, 2.45) is 0 Å². The molecule has 10 aromatic rings. The van der Waals surface area contributed by atoms with Gasteiger partial charge in [-0.2, -0.15) is 0 Å². The smallest absolute Gasteiger partial charge is 0.160 e. The lowest BCUT2D eigenvalue weighted by Gasteiger charge is -2.17. The molecule has 0 radical (unpaired) electrons. The van der Waals surface area contributed by atoms with Crippen LogP contribution in [-0.4, -0.2) is 19.5 Å². The molecule has 0 saturated heterocycles. The van der Waals surface area contributed by atoms with Crippen molar-refractivity contribution in [2.45, 2.75) is 0 Å². The molecule has 0 fully saturated rings. The zero-order valence-electron chi connectivity index (χ0n) is 25.3. The van der Waals surface area contributed by atoms with E-state index in [2.05, 4.69) is 150 Å². The lowest BCUT2D eigenvalue weighted by molar-refractivity contribution is 1.18. The molecule has 0 aliphatic heterocycles. The number of hydrogen-bond acceptors (Lipinski definition) is 3. The summed E-state index contributed by atoms with van der Waals surface area (Å²) < 4.78 is 2.33. The minimum absolute atomic E-state index is 0.717. The zero-order chi connectivity index (χ0) is 30.9. The predicted molar refractivity (Wildman–Crippen MR) is 194 cm³/mol. The summed E-state index contributed by atoms with van der Waals surface area (Å²) in [6.45, 7) is 0. The fourth-order valence-electron chi connectivity index (χ4n) is 7.25. The molecule has 4 heteroatoms. The van der Waals surface area contributed by atoms with Gasteiger partial charge in [0.25, 0.3) is 0 Å². The Hall–Kier alpha value is -6.39. The lowest BCUT2D eigenvalue weighted by atomic mass is 9.93. The summed E-state index contributed by atoms with van der Waals surface area (Å²) in [5.41, 5.74) is 10.5. The molecule has 3 aromatic heterocycles. The molecule has 0 aliphatic carbocycles. The van der Waals surface area contributed by atoms with Crippen LogP contribution >= 0.6 is 0 Å². The van der Waals surface area contributed by atoms with Crippen LogP contribution in [0.2, 0.25) is 0 Å². The fourth-order valence-corrected chi connectivity index (χ4v) is 7.25. The Morgan fingerprint density at radius 2 is 0.830 bits per heavy atom. The summed E-state index contributed by atoms with van der Waals surface area (Å²) in [6, 6.07) is 55.3. The molecule has 47 heavy (non-hydrogen) atoms. The van der Waals surface area contributed by atoms with E-state index in [0.29, 0.717) is 5.82 Å². The average Bonchev–Trinajstić information content (AvgIpc) is 3.48. The molecule has 4 nitrogen and oxygen atoms in total. The number of aromatic nitrogens is 4. The van der Waals surface area contributed by atoms with Gasteiger partial charge in [0, 0.05) is 54.7 Å². The molecule has 7 aromatic carbocycles. The van der Waals surface area contributed by atoms with Gasteiger partial charge in [-0.1, -0.05) is 97.1 Å². The van der Waals surface area contributed by atoms with Crippen molar-refractivity contribution in [3.63, 3.8) is 0 Å². The summed E-state index contributed by atoms with van der Waals surface area (Å²) in [5.74, 6) is 0.717. The van der Waals surface area contributed by atoms with Gasteiger partial charge < -0.3 is 4.57 Å². The standard InChI is InChI=1S/C43H26N4/c1-3-11-27(12-4-1)41-33-23-25-35-40-36(26-24-34(39(33)40)42(46-41)28-13-5-2-6-14-28)45-43(44-35)29-19-21-30(22-20-29)47-37-17-9-7-15-31(37)32-16-8-10-18-38(32)47/h1-26H. The highest BCUT2D eigenvalue weighted by Gasteiger charge is 2.20. The average molecular weight is 599 g/mol. The first-order valence-electron chi connectivity index (χ1n) is 15.9. The molecule has 0 amide bonds. The maximum atomic E-state index is 5.29. The van der Waals surface area contributed by atoms with E-state index in [-0.39, 0.29) is 0 Å². The first-order valence-corrected chi connectivity index (χ1v) is 15.9. The third-order valence-corrected chi connectivity index (χ3v) is 9.36. The molecule has 10 rings (SSSR count). The fraction of sp³-hybridized carbons (Fsp3) is 0. The van der Waals surface area contributed by atoms with Crippen LogP contribution in [0.3, 0.4) is 0 Å². The largest absolute Gasteiger partial charge is 0.309 e. The maximum Gasteiger partial charge on any atom is 0.160 e. The van der Waals surface area contributed by atoms with Gasteiger partial charge in [-0.25, -0.2) is 15.0 Å². The third-order valence-electron chi connectivity index (χ3n) is 9.36. The molecular weight excluding hydrogens is 573 g/mol. The normalized spacial score (nSPS) is 11.8. The second-order valence-electron chi connectivity index (χ2n) is 12.0. The summed E-state index contributed by atoms with van der Waals surface area (Å²) in [4.78, 5) is 15.6. The number of rotatable bonds is 4. The quantitative estimate of drug-likeness (QED) is 0.189. The zero-order valence-corrected chi connectivity index (χ0v) is 25.3. The number of para-hydroxylation sites is 2. The second kappa shape index (κ2) is 10.1. The minimum Gasteiger partial charge on any atom is -0.309 e. The van der Waals surface area contributed by atoms with E-state index in [0.717, 1.165) is 66.3 Å². The van der Waals surface area contributed by atoms with Crippen molar-refractivity contribution in [1.29, 1.82) is 0 Å². The highest BCUT2D eigenvalue weighted by atomic mass is 15.0. The predicted octanol–water partition coefficient (Wildman–Crippen LogP) is 10.9. The molecule has 218 valence electrons. The molecular formula is C43H26N4. The minimum atomic E-state index is 0.717. The SMILES string of the molecule is c1ccc(-c2nc(-c3ccccc3)c3ccc4nc(-c5ccc(-n6c7ccccc7c7ccccc76)cc5)nc5ccc2c3c54)cc1. The van der Waals surface area contributed by atoms with Gasteiger partial charge in [-0.3, -0.25) is 0 Å². The van der Waals surface area contributed by atoms with Gasteiger partial charge in [0.2, 0.25) is 0 Å². The molecule has 3 heterocycles. The van der Waals surface area contributed by atoms with Crippen LogP contribution in [0.5, 0.6) is 0 Å². The summed E-state index contributed by atoms with van der Waals surface area (Å²) in [6.07, 6.45) is 0. The van der Waals surface area contributed by atoms with Gasteiger partial charge in [0.05, 0.1) is 33.5 Å². The Morgan fingerprint density at radius 1 is 0.340 bits per heavy atom. The first-order chi connectivity index (χ1) is 23.3. The van der Waals surface area contributed by atoms with Crippen molar-refractivity contribution in [3.8, 4) is 39.6 Å². The van der Waals surface area contributed by atoms with Crippen LogP contribution in [0.1, 0.15) is 0 Å². The molecule has 0 spiro atoms. The monoisotopic (exact) mass is 598 g/mol. The van der Waals surface area contributed by atoms with Crippen molar-refractivity contribution in [3.05, 3.63) is 158 Å². The molecule has 0 saturated carbocycles. The van der Waals surface area contributed by atoms with Crippen molar-refractivity contribution >= 4 is 54.4 Å². The van der Waals surface area contributed by atoms with E-state index in [1.165, 1.54) is 21.8 Å². The van der Waals surface area contributed by atoms with Crippen LogP contribution < -0.4 is 0 Å². The number of pyridine rings is 1. The van der Waals surface area contributed by atoms with Crippen molar-refractivity contribution in [1.82, 2.24) is 19.5 Å². The summed E-state index contributed by atoms with van der Waals surface area (Å²) >= 11 is 0. The molecule has 0 aliphatic rings. The van der Waals surface area contributed by atoms with Crippen molar-refractivity contribution < 1.29 is 0 Å². The number of nitrogens with zero attached hydrogens (tertiary/aromatic N) is 4. The second-order valence-corrected chi connectivity index (χ2v) is 12.0. The van der Waals surface area contributed by atoms with Crippen LogP contribution in [0, 0.1) is 0 Å². The first kappa shape index (κ1) is 25.9. The Balaban J connectivity index is 1.16. The van der Waals surface area contributed by atoms with Crippen LogP contribution in [-0.2, 0) is 0 Å². The molecule has 0 N–H and O–H groups in total. The maximum absolute atomic E-state index is 5.29.